The molecule has 8 heteroatoms. The average Bonchev–Trinajstić information content (AvgIpc) is 2.67. The number of aryl methyl sites for hydroxylation is 1. The van der Waals surface area contributed by atoms with Crippen LogP contribution >= 0.6 is 11.8 Å². The standard InChI is InChI=1S/C21H30N6OS/c1-13-7-9-16(10-8-13)23-21-26-18(25-20(22)27-21)11-29-12-19(28)24-17-6-4-5-14(2)15(17)3/h7-10,14-15,17H,4-6,11-12H2,1-3H3,(H,24,28)(H3,22,23,25,26,27)/t14-,15-,17-/m0/s1. The number of carbonyl (C=O) groups excluding carboxylic acids is 1. The van der Waals surface area contributed by atoms with Crippen LogP contribution in [0.15, 0.2) is 24.3 Å². The maximum absolute atomic E-state index is 12.3. The van der Waals surface area contributed by atoms with Crippen molar-refractivity contribution in [3.8, 4) is 0 Å². The molecule has 2 aromatic rings. The highest BCUT2D eigenvalue weighted by atomic mass is 32.2. The van der Waals surface area contributed by atoms with E-state index in [9.17, 15) is 4.79 Å². The summed E-state index contributed by atoms with van der Waals surface area (Å²) in [6.07, 6.45) is 3.51. The first-order valence-electron chi connectivity index (χ1n) is 10.1. The molecule has 0 saturated heterocycles. The molecule has 1 aliphatic rings. The molecule has 0 unspecified atom stereocenters. The number of amides is 1. The van der Waals surface area contributed by atoms with Crippen molar-refractivity contribution in [3.63, 3.8) is 0 Å². The molecule has 0 bridgehead atoms. The lowest BCUT2D eigenvalue weighted by atomic mass is 9.78. The number of thioether (sulfide) groups is 1. The Morgan fingerprint density at radius 1 is 1.17 bits per heavy atom. The maximum atomic E-state index is 12.3. The molecule has 0 spiro atoms. The van der Waals surface area contributed by atoms with Gasteiger partial charge in [-0.2, -0.15) is 15.0 Å². The number of carbonyl (C=O) groups is 1. The number of aromatic nitrogens is 3. The molecule has 3 rings (SSSR count). The Labute approximate surface area is 176 Å². The van der Waals surface area contributed by atoms with Gasteiger partial charge in [-0.05, 0) is 37.3 Å². The number of hydrogen-bond acceptors (Lipinski definition) is 7. The van der Waals surface area contributed by atoms with Crippen molar-refractivity contribution >= 4 is 35.3 Å². The minimum atomic E-state index is 0.0704. The lowest BCUT2D eigenvalue weighted by Crippen LogP contribution is -2.44. The van der Waals surface area contributed by atoms with Crippen LogP contribution < -0.4 is 16.4 Å². The maximum Gasteiger partial charge on any atom is 0.232 e. The average molecular weight is 415 g/mol. The molecular formula is C21H30N6OS. The number of nitrogens with zero attached hydrogens (tertiary/aromatic N) is 3. The molecule has 29 heavy (non-hydrogen) atoms. The minimum absolute atomic E-state index is 0.0704. The summed E-state index contributed by atoms with van der Waals surface area (Å²) in [6.45, 7) is 6.54. The predicted molar refractivity (Wildman–Crippen MR) is 119 cm³/mol. The Hall–Kier alpha value is -2.35. The van der Waals surface area contributed by atoms with E-state index in [1.807, 2.05) is 31.2 Å². The molecule has 1 aliphatic carbocycles. The summed E-state index contributed by atoms with van der Waals surface area (Å²) >= 11 is 1.48. The monoisotopic (exact) mass is 414 g/mol. The van der Waals surface area contributed by atoms with Crippen molar-refractivity contribution in [3.05, 3.63) is 35.7 Å². The molecule has 1 aromatic carbocycles. The second-order valence-corrected chi connectivity index (χ2v) is 8.84. The zero-order chi connectivity index (χ0) is 20.8. The molecule has 1 heterocycles. The van der Waals surface area contributed by atoms with Crippen LogP contribution in [0, 0.1) is 18.8 Å². The summed E-state index contributed by atoms with van der Waals surface area (Å²) in [4.78, 5) is 25.1. The highest BCUT2D eigenvalue weighted by Gasteiger charge is 2.27. The summed E-state index contributed by atoms with van der Waals surface area (Å²) in [7, 11) is 0. The summed E-state index contributed by atoms with van der Waals surface area (Å²) in [6, 6.07) is 8.22. The highest BCUT2D eigenvalue weighted by Crippen LogP contribution is 2.29. The lowest BCUT2D eigenvalue weighted by molar-refractivity contribution is -0.119. The number of benzene rings is 1. The highest BCUT2D eigenvalue weighted by molar-refractivity contribution is 7.99. The molecule has 0 radical (unpaired) electrons. The van der Waals surface area contributed by atoms with Crippen LogP contribution in [0.4, 0.5) is 17.6 Å². The van der Waals surface area contributed by atoms with Gasteiger partial charge < -0.3 is 16.4 Å². The van der Waals surface area contributed by atoms with E-state index >= 15 is 0 Å². The first-order chi connectivity index (χ1) is 13.9. The molecule has 1 aromatic heterocycles. The zero-order valence-electron chi connectivity index (χ0n) is 17.3. The third-order valence-electron chi connectivity index (χ3n) is 5.52. The van der Waals surface area contributed by atoms with Crippen molar-refractivity contribution in [2.24, 2.45) is 11.8 Å². The van der Waals surface area contributed by atoms with Crippen molar-refractivity contribution in [2.45, 2.75) is 51.8 Å². The van der Waals surface area contributed by atoms with Crippen LogP contribution in [0.2, 0.25) is 0 Å². The van der Waals surface area contributed by atoms with Gasteiger partial charge in [-0.3, -0.25) is 4.79 Å². The van der Waals surface area contributed by atoms with Gasteiger partial charge in [0.2, 0.25) is 17.8 Å². The van der Waals surface area contributed by atoms with Crippen LogP contribution in [-0.2, 0) is 10.5 Å². The first kappa shape index (κ1) is 21.4. The second kappa shape index (κ2) is 9.91. The van der Waals surface area contributed by atoms with E-state index in [1.54, 1.807) is 0 Å². The zero-order valence-corrected chi connectivity index (χ0v) is 18.1. The largest absolute Gasteiger partial charge is 0.368 e. The molecule has 156 valence electrons. The third-order valence-corrected chi connectivity index (χ3v) is 6.45. The van der Waals surface area contributed by atoms with E-state index in [0.717, 1.165) is 12.1 Å². The quantitative estimate of drug-likeness (QED) is 0.634. The molecule has 1 fully saturated rings. The van der Waals surface area contributed by atoms with E-state index in [-0.39, 0.29) is 17.9 Å². The SMILES string of the molecule is Cc1ccc(Nc2nc(N)nc(CSCC(=O)N[C@H]3CCC[C@H](C)[C@@H]3C)n2)cc1. The molecule has 1 amide bonds. The van der Waals surface area contributed by atoms with Crippen molar-refractivity contribution < 1.29 is 4.79 Å². The van der Waals surface area contributed by atoms with Gasteiger partial charge in [0.15, 0.2) is 0 Å². The van der Waals surface area contributed by atoms with E-state index in [4.69, 9.17) is 5.73 Å². The Bertz CT molecular complexity index is 828. The van der Waals surface area contributed by atoms with Crippen molar-refractivity contribution in [2.75, 3.05) is 16.8 Å². The smallest absolute Gasteiger partial charge is 0.232 e. The fraction of sp³-hybridized carbons (Fsp3) is 0.524. The lowest BCUT2D eigenvalue weighted by Gasteiger charge is -2.34. The topological polar surface area (TPSA) is 106 Å². The van der Waals surface area contributed by atoms with Crippen molar-refractivity contribution in [1.82, 2.24) is 20.3 Å². The Morgan fingerprint density at radius 2 is 1.93 bits per heavy atom. The van der Waals surface area contributed by atoms with E-state index in [0.29, 0.717) is 35.1 Å². The summed E-state index contributed by atoms with van der Waals surface area (Å²) in [5.74, 6) is 3.27. The minimum Gasteiger partial charge on any atom is -0.368 e. The van der Waals surface area contributed by atoms with Gasteiger partial charge in [0.1, 0.15) is 5.82 Å². The summed E-state index contributed by atoms with van der Waals surface area (Å²) in [5.41, 5.74) is 7.89. The number of nitrogens with two attached hydrogens (primary N) is 1. The summed E-state index contributed by atoms with van der Waals surface area (Å²) < 4.78 is 0. The predicted octanol–water partition coefficient (Wildman–Crippen LogP) is 3.68. The molecular weight excluding hydrogens is 384 g/mol. The Balaban J connectivity index is 1.50. The van der Waals surface area contributed by atoms with Gasteiger partial charge in [-0.25, -0.2) is 0 Å². The second-order valence-electron chi connectivity index (χ2n) is 7.86. The summed E-state index contributed by atoms with van der Waals surface area (Å²) in [5, 5.41) is 6.34. The van der Waals surface area contributed by atoms with Gasteiger partial charge in [0.05, 0.1) is 11.5 Å². The molecule has 0 aliphatic heterocycles. The van der Waals surface area contributed by atoms with Crippen LogP contribution in [0.3, 0.4) is 0 Å². The normalized spacial score (nSPS) is 21.6. The number of nitrogen functional groups attached to an aromatic ring is 1. The third kappa shape index (κ3) is 6.32. The van der Waals surface area contributed by atoms with E-state index < -0.39 is 0 Å². The first-order valence-corrected chi connectivity index (χ1v) is 11.3. The molecule has 7 nitrogen and oxygen atoms in total. The van der Waals surface area contributed by atoms with Crippen LogP contribution in [0.25, 0.3) is 0 Å². The fourth-order valence-electron chi connectivity index (χ4n) is 3.59. The number of anilines is 3. The van der Waals surface area contributed by atoms with Gasteiger partial charge in [-0.15, -0.1) is 11.8 Å². The van der Waals surface area contributed by atoms with Crippen LogP contribution in [-0.4, -0.2) is 32.7 Å². The van der Waals surface area contributed by atoms with E-state index in [2.05, 4.69) is 39.4 Å². The van der Waals surface area contributed by atoms with Gasteiger partial charge >= 0.3 is 0 Å². The van der Waals surface area contributed by atoms with E-state index in [1.165, 1.54) is 30.2 Å². The fourth-order valence-corrected chi connectivity index (χ4v) is 4.28. The number of rotatable bonds is 7. The number of hydrogen-bond donors (Lipinski definition) is 3. The molecule has 4 N–H and O–H groups in total. The number of nitrogens with one attached hydrogen (secondary N) is 2. The molecule has 3 atom stereocenters. The van der Waals surface area contributed by atoms with Crippen molar-refractivity contribution in [1.29, 1.82) is 0 Å². The van der Waals surface area contributed by atoms with Gasteiger partial charge in [0, 0.05) is 11.7 Å². The van der Waals surface area contributed by atoms with Crippen LogP contribution in [0.5, 0.6) is 0 Å². The van der Waals surface area contributed by atoms with Crippen LogP contribution in [0.1, 0.15) is 44.5 Å². The van der Waals surface area contributed by atoms with Gasteiger partial charge in [0.25, 0.3) is 0 Å². The Kier molecular flexibility index (Phi) is 7.30. The van der Waals surface area contributed by atoms with Gasteiger partial charge in [-0.1, -0.05) is 44.4 Å². The Morgan fingerprint density at radius 3 is 2.69 bits per heavy atom. The molecule has 1 saturated carbocycles.